The van der Waals surface area contributed by atoms with Gasteiger partial charge in [-0.2, -0.15) is 4.39 Å². The predicted molar refractivity (Wildman–Crippen MR) is 126 cm³/mol. The first-order valence-electron chi connectivity index (χ1n) is 11.4. The molecule has 0 bridgehead atoms. The van der Waals surface area contributed by atoms with Gasteiger partial charge in [-0.05, 0) is 43.0 Å². The Labute approximate surface area is 202 Å². The minimum atomic E-state index is -1.09. The average Bonchev–Trinajstić information content (AvgIpc) is 2.88. The van der Waals surface area contributed by atoms with E-state index < -0.39 is 29.6 Å². The van der Waals surface area contributed by atoms with Crippen LogP contribution in [0.5, 0.6) is 5.75 Å². The van der Waals surface area contributed by atoms with Crippen LogP contribution in [-0.4, -0.2) is 20.3 Å². The summed E-state index contributed by atoms with van der Waals surface area (Å²) in [6, 6.07) is 11.7. The first-order valence-corrected chi connectivity index (χ1v) is 11.4. The van der Waals surface area contributed by atoms with Crippen LogP contribution in [0.15, 0.2) is 60.7 Å². The molecule has 0 amide bonds. The Balaban J connectivity index is 1.51. The quantitative estimate of drug-likeness (QED) is 0.254. The highest BCUT2D eigenvalue weighted by Gasteiger charge is 2.28. The lowest BCUT2D eigenvalue weighted by Gasteiger charge is -2.29. The maximum Gasteiger partial charge on any atom is 0.201 e. The Kier molecular flexibility index (Phi) is 7.88. The first kappa shape index (κ1) is 24.9. The lowest BCUT2D eigenvalue weighted by molar-refractivity contribution is -0.207. The number of benzene rings is 3. The summed E-state index contributed by atoms with van der Waals surface area (Å²) < 4.78 is 74.5. The number of hydrogen-bond acceptors (Lipinski definition) is 3. The molecule has 1 fully saturated rings. The van der Waals surface area contributed by atoms with Crippen LogP contribution in [0.4, 0.5) is 17.6 Å². The fourth-order valence-electron chi connectivity index (χ4n) is 4.10. The summed E-state index contributed by atoms with van der Waals surface area (Å²) in [5, 5.41) is 0. The summed E-state index contributed by atoms with van der Waals surface area (Å²) in [6.45, 7) is 2.78. The predicted octanol–water partition coefficient (Wildman–Crippen LogP) is 7.60. The summed E-state index contributed by atoms with van der Waals surface area (Å²) in [5.41, 5.74) is 0.858. The third kappa shape index (κ3) is 5.26. The Morgan fingerprint density at radius 3 is 1.94 bits per heavy atom. The van der Waals surface area contributed by atoms with Crippen molar-refractivity contribution < 1.29 is 31.8 Å². The largest absolute Gasteiger partial charge is 0.494 e. The van der Waals surface area contributed by atoms with Gasteiger partial charge in [-0.25, -0.2) is 13.2 Å². The number of methoxy groups -OCH3 is 1. The molecule has 0 aromatic heterocycles. The highest BCUT2D eigenvalue weighted by atomic mass is 19.2. The van der Waals surface area contributed by atoms with Crippen LogP contribution >= 0.6 is 0 Å². The summed E-state index contributed by atoms with van der Waals surface area (Å²) in [4.78, 5) is 0. The molecule has 0 unspecified atom stereocenters. The lowest BCUT2D eigenvalue weighted by Crippen LogP contribution is -2.27. The van der Waals surface area contributed by atoms with Crippen molar-refractivity contribution in [3.05, 3.63) is 89.5 Å². The Morgan fingerprint density at radius 1 is 0.800 bits per heavy atom. The molecule has 0 aliphatic carbocycles. The standard InChI is InChI=1S/C28H26F4O3/c1-3-4-5-6-17-15-34-28(35-16-17)22-12-11-20(24(29)26(22)31)18-7-9-19(10-8-18)21-13-14-23(33-2)27(32)25(21)30/h3-4,7-14,17,28H,5-6,15-16H2,1-2H3. The Morgan fingerprint density at radius 2 is 1.37 bits per heavy atom. The van der Waals surface area contributed by atoms with Gasteiger partial charge in [0.25, 0.3) is 0 Å². The van der Waals surface area contributed by atoms with Crippen LogP contribution in [0.25, 0.3) is 22.3 Å². The molecule has 3 aromatic rings. The number of ether oxygens (including phenoxy) is 3. The van der Waals surface area contributed by atoms with Gasteiger partial charge in [0, 0.05) is 22.6 Å². The summed E-state index contributed by atoms with van der Waals surface area (Å²) >= 11 is 0. The lowest BCUT2D eigenvalue weighted by atomic mass is 9.98. The smallest absolute Gasteiger partial charge is 0.201 e. The van der Waals surface area contributed by atoms with E-state index in [1.807, 2.05) is 13.0 Å². The van der Waals surface area contributed by atoms with Crippen molar-refractivity contribution >= 4 is 0 Å². The van der Waals surface area contributed by atoms with Gasteiger partial charge >= 0.3 is 0 Å². The van der Waals surface area contributed by atoms with Crippen LogP contribution in [-0.2, 0) is 9.47 Å². The van der Waals surface area contributed by atoms with Gasteiger partial charge in [-0.15, -0.1) is 0 Å². The zero-order valence-corrected chi connectivity index (χ0v) is 19.5. The fraction of sp³-hybridized carbons (Fsp3) is 0.286. The van der Waals surface area contributed by atoms with E-state index in [0.29, 0.717) is 24.3 Å². The molecule has 1 heterocycles. The molecule has 0 radical (unpaired) electrons. The van der Waals surface area contributed by atoms with Crippen LogP contribution in [0.2, 0.25) is 0 Å². The molecule has 0 N–H and O–H groups in total. The highest BCUT2D eigenvalue weighted by Crippen LogP contribution is 2.35. The molecule has 184 valence electrons. The number of halogens is 4. The van der Waals surface area contributed by atoms with Crippen LogP contribution in [0, 0.1) is 29.2 Å². The van der Waals surface area contributed by atoms with Gasteiger partial charge in [0.1, 0.15) is 0 Å². The third-order valence-electron chi connectivity index (χ3n) is 6.08. The van der Waals surface area contributed by atoms with Crippen molar-refractivity contribution in [2.75, 3.05) is 20.3 Å². The first-order chi connectivity index (χ1) is 16.9. The molecule has 1 aliphatic heterocycles. The molecule has 35 heavy (non-hydrogen) atoms. The van der Waals surface area contributed by atoms with E-state index in [1.54, 1.807) is 0 Å². The Hall–Kier alpha value is -3.16. The van der Waals surface area contributed by atoms with E-state index in [0.717, 1.165) is 12.8 Å². The van der Waals surface area contributed by atoms with Crippen molar-refractivity contribution in [2.45, 2.75) is 26.1 Å². The molecule has 0 atom stereocenters. The van der Waals surface area contributed by atoms with Crippen molar-refractivity contribution in [2.24, 2.45) is 5.92 Å². The molecule has 0 spiro atoms. The fourth-order valence-corrected chi connectivity index (χ4v) is 4.10. The van der Waals surface area contributed by atoms with E-state index in [4.69, 9.17) is 14.2 Å². The SMILES string of the molecule is CC=CCCC1COC(c2ccc(-c3ccc(-c4ccc(OC)c(F)c4F)cc3)c(F)c2F)OC1. The number of rotatable bonds is 7. The van der Waals surface area contributed by atoms with E-state index in [2.05, 4.69) is 6.08 Å². The molecule has 1 saturated heterocycles. The second-order valence-electron chi connectivity index (χ2n) is 8.36. The summed E-state index contributed by atoms with van der Waals surface area (Å²) in [7, 11) is 1.25. The summed E-state index contributed by atoms with van der Waals surface area (Å²) in [6.07, 6.45) is 4.90. The average molecular weight is 487 g/mol. The third-order valence-corrected chi connectivity index (χ3v) is 6.08. The topological polar surface area (TPSA) is 27.7 Å². The molecule has 3 aromatic carbocycles. The zero-order chi connectivity index (χ0) is 24.9. The Bertz CT molecular complexity index is 1200. The van der Waals surface area contributed by atoms with Crippen molar-refractivity contribution in [1.82, 2.24) is 0 Å². The highest BCUT2D eigenvalue weighted by molar-refractivity contribution is 5.71. The maximum absolute atomic E-state index is 15.0. The van der Waals surface area contributed by atoms with Crippen molar-refractivity contribution in [1.29, 1.82) is 0 Å². The molecule has 1 aliphatic rings. The van der Waals surface area contributed by atoms with Gasteiger partial charge in [0.2, 0.25) is 5.82 Å². The van der Waals surface area contributed by atoms with Gasteiger partial charge in [0.15, 0.2) is 29.5 Å². The number of allylic oxidation sites excluding steroid dienone is 2. The second kappa shape index (κ2) is 11.1. The zero-order valence-electron chi connectivity index (χ0n) is 19.5. The summed E-state index contributed by atoms with van der Waals surface area (Å²) in [5.74, 6) is -4.19. The second-order valence-corrected chi connectivity index (χ2v) is 8.36. The molecule has 0 saturated carbocycles. The molecule has 3 nitrogen and oxygen atoms in total. The van der Waals surface area contributed by atoms with Gasteiger partial charge in [-0.3, -0.25) is 0 Å². The molecular formula is C28H26F4O3. The van der Waals surface area contributed by atoms with Gasteiger partial charge < -0.3 is 14.2 Å². The van der Waals surface area contributed by atoms with Crippen LogP contribution < -0.4 is 4.74 Å². The van der Waals surface area contributed by atoms with Crippen molar-refractivity contribution in [3.63, 3.8) is 0 Å². The van der Waals surface area contributed by atoms with Crippen molar-refractivity contribution in [3.8, 4) is 28.0 Å². The molecule has 4 rings (SSSR count). The van der Waals surface area contributed by atoms with Gasteiger partial charge in [0.05, 0.1) is 20.3 Å². The molecular weight excluding hydrogens is 460 g/mol. The minimum Gasteiger partial charge on any atom is -0.494 e. The van der Waals surface area contributed by atoms with Crippen LogP contribution in [0.3, 0.4) is 0 Å². The number of hydrogen-bond donors (Lipinski definition) is 0. The maximum atomic E-state index is 15.0. The van der Waals surface area contributed by atoms with Crippen LogP contribution in [0.1, 0.15) is 31.6 Å². The monoisotopic (exact) mass is 486 g/mol. The minimum absolute atomic E-state index is 0.00514. The van der Waals surface area contributed by atoms with E-state index >= 15 is 0 Å². The van der Waals surface area contributed by atoms with E-state index in [9.17, 15) is 17.6 Å². The van der Waals surface area contributed by atoms with Gasteiger partial charge in [-0.1, -0.05) is 48.6 Å². The molecule has 7 heteroatoms. The van der Waals surface area contributed by atoms with E-state index in [1.165, 1.54) is 55.6 Å². The normalized spacial score (nSPS) is 18.2. The van der Waals surface area contributed by atoms with E-state index in [-0.39, 0.29) is 28.4 Å².